The van der Waals surface area contributed by atoms with Crippen LogP contribution in [0.5, 0.6) is 5.75 Å². The largest absolute Gasteiger partial charge is 2.00 e. The Morgan fingerprint density at radius 3 is 1.74 bits per heavy atom. The number of aromatic hydroxyl groups is 1. The summed E-state index contributed by atoms with van der Waals surface area (Å²) in [6.45, 7) is 19.9. The molecule has 0 spiro atoms. The number of para-hydroxylation sites is 1. The zero-order chi connectivity index (χ0) is 45.0. The van der Waals surface area contributed by atoms with Gasteiger partial charge in [-0.3, -0.25) is 4.57 Å². The first-order chi connectivity index (χ1) is 30.5. The van der Waals surface area contributed by atoms with Crippen LogP contribution in [0.4, 0.5) is 0 Å². The van der Waals surface area contributed by atoms with Crippen LogP contribution in [-0.4, -0.2) is 14.7 Å². The summed E-state index contributed by atoms with van der Waals surface area (Å²) < 4.78 is 4.32. The van der Waals surface area contributed by atoms with Gasteiger partial charge in [0.1, 0.15) is 11.6 Å². The second-order valence-electron chi connectivity index (χ2n) is 20.0. The molecule has 1 N–H and O–H groups in total. The van der Waals surface area contributed by atoms with E-state index in [0.29, 0.717) is 11.4 Å². The molecule has 0 aliphatic rings. The smallest absolute Gasteiger partial charge is 0.507 e. The zero-order valence-electron chi connectivity index (χ0n) is 38.8. The Kier molecular flexibility index (Phi) is 12.2. The third-order valence-corrected chi connectivity index (χ3v) is 12.3. The number of nitrogens with zero attached hydrogens (tertiary/aromatic N) is 3. The van der Waals surface area contributed by atoms with E-state index in [-0.39, 0.29) is 43.1 Å². The minimum Gasteiger partial charge on any atom is -0.507 e. The number of benzene rings is 7. The van der Waals surface area contributed by atoms with Crippen LogP contribution in [0.2, 0.25) is 0 Å². The van der Waals surface area contributed by atoms with Gasteiger partial charge < -0.3 is 9.67 Å². The molecule has 326 valence electrons. The van der Waals surface area contributed by atoms with Gasteiger partial charge in [0.25, 0.3) is 0 Å². The van der Waals surface area contributed by atoms with Crippen molar-refractivity contribution in [3.05, 3.63) is 199 Å². The molecule has 0 aliphatic heterocycles. The molecule has 0 radical (unpaired) electrons. The fraction of sp³-hybridized carbons (Fsp3) is 0.200. The van der Waals surface area contributed by atoms with E-state index >= 15 is 0 Å². The number of aromatic nitrogens is 3. The van der Waals surface area contributed by atoms with E-state index in [9.17, 15) is 5.11 Å². The number of hydrogen-bond donors (Lipinski definition) is 1. The average Bonchev–Trinajstić information content (AvgIpc) is 3.68. The van der Waals surface area contributed by atoms with Crippen molar-refractivity contribution < 1.29 is 30.7 Å². The standard InChI is InChI=1S/C60H56N3O.Pt/c1-58(2,3)46-33-45(34-48(36-46)62-32-20-27-44(39-62)41-23-15-11-16-24-41)49-28-19-29-54-55(49)61-57(51-37-47(59(4,5)6)38-52(56(51)64)60(7,8)9)63(54)53-31-30-43(40-21-13-10-14-22-40)35-50(53)42-25-17-12-18-26-42;/h10-31,33,35-39,64H,1-9H3;/q-1;+2. The fourth-order valence-corrected chi connectivity index (χ4v) is 8.57. The molecule has 5 heteroatoms. The van der Waals surface area contributed by atoms with E-state index in [1.54, 1.807) is 0 Å². The first kappa shape index (κ1) is 45.2. The van der Waals surface area contributed by atoms with Crippen LogP contribution in [0.25, 0.3) is 78.3 Å². The Labute approximate surface area is 399 Å². The fourth-order valence-electron chi connectivity index (χ4n) is 8.57. The van der Waals surface area contributed by atoms with Crippen LogP contribution < -0.4 is 4.57 Å². The van der Waals surface area contributed by atoms with Crippen molar-refractivity contribution in [2.75, 3.05) is 0 Å². The van der Waals surface area contributed by atoms with Crippen molar-refractivity contribution in [1.82, 2.24) is 9.55 Å². The maximum Gasteiger partial charge on any atom is 2.00 e. The SMILES string of the molecule is CC(C)(C)c1cc(-c2cccc3c2nc(-c2cc(C(C)(C)C)cc(C(C)(C)C)c2O)n3-c2ccc(-c3ccccc3)cc2-c2ccccc2)[c-]c(-[n+]2[c-]ccc(-c3ccccc3)c2)c1.[Pt+2]. The topological polar surface area (TPSA) is 41.9 Å². The molecule has 2 heterocycles. The molecule has 7 aromatic carbocycles. The first-order valence-corrected chi connectivity index (χ1v) is 22.3. The van der Waals surface area contributed by atoms with E-state index in [4.69, 9.17) is 4.98 Å². The molecular formula is C60H56N3OPt+. The number of phenolic OH excluding ortho intramolecular Hbond substituents is 1. The quantitative estimate of drug-likeness (QED) is 0.128. The van der Waals surface area contributed by atoms with E-state index in [0.717, 1.165) is 78.0 Å². The average molecular weight is 1030 g/mol. The van der Waals surface area contributed by atoms with Gasteiger partial charge in [0.05, 0.1) is 28.5 Å². The van der Waals surface area contributed by atoms with Crippen molar-refractivity contribution >= 4 is 11.0 Å². The molecule has 9 aromatic rings. The molecular weight excluding hydrogens is 974 g/mol. The summed E-state index contributed by atoms with van der Waals surface area (Å²) in [5.74, 6) is 0.918. The number of pyridine rings is 1. The Hall–Kier alpha value is -6.35. The minimum absolute atomic E-state index is 0. The number of hydrogen-bond acceptors (Lipinski definition) is 2. The molecule has 4 nitrogen and oxygen atoms in total. The number of imidazole rings is 1. The summed E-state index contributed by atoms with van der Waals surface area (Å²) in [4.78, 5) is 5.67. The van der Waals surface area contributed by atoms with Crippen LogP contribution in [-0.2, 0) is 37.3 Å². The summed E-state index contributed by atoms with van der Waals surface area (Å²) in [5.41, 5.74) is 15.3. The number of fused-ring (bicyclic) bond motifs is 1. The maximum absolute atomic E-state index is 12.6. The third kappa shape index (κ3) is 9.02. The van der Waals surface area contributed by atoms with Crippen molar-refractivity contribution in [2.24, 2.45) is 0 Å². The minimum atomic E-state index is -0.333. The van der Waals surface area contributed by atoms with Gasteiger partial charge in [-0.05, 0) is 73.9 Å². The van der Waals surface area contributed by atoms with Crippen molar-refractivity contribution in [3.8, 4) is 73.0 Å². The van der Waals surface area contributed by atoms with E-state index in [2.05, 4.69) is 242 Å². The summed E-state index contributed by atoms with van der Waals surface area (Å²) in [7, 11) is 0. The normalized spacial score (nSPS) is 12.0. The summed E-state index contributed by atoms with van der Waals surface area (Å²) in [6.07, 6.45) is 5.59. The van der Waals surface area contributed by atoms with Crippen LogP contribution >= 0.6 is 0 Å². The molecule has 0 bridgehead atoms. The van der Waals surface area contributed by atoms with Gasteiger partial charge >= 0.3 is 21.1 Å². The molecule has 65 heavy (non-hydrogen) atoms. The predicted molar refractivity (Wildman–Crippen MR) is 265 cm³/mol. The molecule has 9 rings (SSSR count). The van der Waals surface area contributed by atoms with Crippen molar-refractivity contribution in [2.45, 2.75) is 78.6 Å². The number of rotatable bonds is 7. The molecule has 0 amide bonds. The van der Waals surface area contributed by atoms with E-state index in [1.807, 2.05) is 12.1 Å². The second-order valence-corrected chi connectivity index (χ2v) is 20.0. The van der Waals surface area contributed by atoms with Crippen LogP contribution in [0, 0.1) is 12.3 Å². The van der Waals surface area contributed by atoms with Gasteiger partial charge in [-0.25, -0.2) is 4.98 Å². The van der Waals surface area contributed by atoms with E-state index < -0.39 is 0 Å². The summed E-state index contributed by atoms with van der Waals surface area (Å²) in [5, 5.41) is 12.6. The maximum atomic E-state index is 12.6. The van der Waals surface area contributed by atoms with Gasteiger partial charge in [0.2, 0.25) is 0 Å². The molecule has 2 aromatic heterocycles. The second kappa shape index (κ2) is 17.6. The van der Waals surface area contributed by atoms with E-state index in [1.165, 1.54) is 5.56 Å². The molecule has 0 saturated heterocycles. The Balaban J connectivity index is 0.00000576. The molecule has 0 aliphatic carbocycles. The van der Waals surface area contributed by atoms with Gasteiger partial charge in [0, 0.05) is 16.8 Å². The molecule has 0 saturated carbocycles. The van der Waals surface area contributed by atoms with Crippen LogP contribution in [0.15, 0.2) is 170 Å². The molecule has 0 unspecified atom stereocenters. The molecule has 0 fully saturated rings. The Morgan fingerprint density at radius 2 is 1.12 bits per heavy atom. The summed E-state index contributed by atoms with van der Waals surface area (Å²) >= 11 is 0. The molecule has 0 atom stereocenters. The Bertz CT molecular complexity index is 3150. The van der Waals surface area contributed by atoms with Gasteiger partial charge in [-0.2, -0.15) is 0 Å². The van der Waals surface area contributed by atoms with Gasteiger partial charge in [-0.1, -0.05) is 189 Å². The van der Waals surface area contributed by atoms with Crippen molar-refractivity contribution in [3.63, 3.8) is 0 Å². The van der Waals surface area contributed by atoms with Crippen LogP contribution in [0.1, 0.15) is 79.0 Å². The van der Waals surface area contributed by atoms with Gasteiger partial charge in [-0.15, -0.1) is 35.4 Å². The predicted octanol–water partition coefficient (Wildman–Crippen LogP) is 14.8. The van der Waals surface area contributed by atoms with Crippen molar-refractivity contribution in [1.29, 1.82) is 0 Å². The summed E-state index contributed by atoms with van der Waals surface area (Å²) in [6, 6.07) is 61.4. The number of phenols is 1. The first-order valence-electron chi connectivity index (χ1n) is 22.3. The van der Waals surface area contributed by atoms with Gasteiger partial charge in [0.15, 0.2) is 6.20 Å². The third-order valence-electron chi connectivity index (χ3n) is 12.3. The zero-order valence-corrected chi connectivity index (χ0v) is 41.0. The Morgan fingerprint density at radius 1 is 0.523 bits per heavy atom. The van der Waals surface area contributed by atoms with Crippen LogP contribution in [0.3, 0.4) is 0 Å². The monoisotopic (exact) mass is 1030 g/mol.